The third kappa shape index (κ3) is 2.14. The van der Waals surface area contributed by atoms with Gasteiger partial charge < -0.3 is 4.57 Å². The van der Waals surface area contributed by atoms with Gasteiger partial charge in [-0.2, -0.15) is 5.26 Å². The van der Waals surface area contributed by atoms with E-state index in [1.807, 2.05) is 31.3 Å². The number of nitrogens with zero attached hydrogens (tertiary/aromatic N) is 2. The fourth-order valence-corrected chi connectivity index (χ4v) is 2.33. The molecule has 0 atom stereocenters. The van der Waals surface area contributed by atoms with Gasteiger partial charge in [-0.25, -0.2) is 0 Å². The highest BCUT2D eigenvalue weighted by molar-refractivity contribution is 6.07. The van der Waals surface area contributed by atoms with Crippen LogP contribution in [0.25, 0.3) is 10.9 Å². The quantitative estimate of drug-likeness (QED) is 0.607. The van der Waals surface area contributed by atoms with Crippen molar-refractivity contribution in [1.29, 1.82) is 5.26 Å². The summed E-state index contributed by atoms with van der Waals surface area (Å²) in [7, 11) is 0. The first-order valence-corrected chi connectivity index (χ1v) is 6.11. The molecular formula is C15H16N2O. The Balaban J connectivity index is 2.52. The van der Waals surface area contributed by atoms with E-state index >= 15 is 0 Å². The van der Waals surface area contributed by atoms with Crippen LogP contribution in [-0.2, 0) is 6.54 Å². The SMILES string of the molecule is CC(=O)c1cn(CCCC#N)c2c(C)cccc12. The molecule has 3 nitrogen and oxygen atoms in total. The number of nitriles is 1. The number of ketones is 1. The van der Waals surface area contributed by atoms with Crippen LogP contribution in [0.3, 0.4) is 0 Å². The first-order chi connectivity index (χ1) is 8.65. The van der Waals surface area contributed by atoms with Gasteiger partial charge in [0.1, 0.15) is 0 Å². The molecule has 0 unspecified atom stereocenters. The number of carbonyl (C=O) groups is 1. The Labute approximate surface area is 107 Å². The number of aromatic nitrogens is 1. The summed E-state index contributed by atoms with van der Waals surface area (Å²) in [6, 6.07) is 8.16. The minimum absolute atomic E-state index is 0.0876. The van der Waals surface area contributed by atoms with Gasteiger partial charge >= 0.3 is 0 Å². The van der Waals surface area contributed by atoms with Crippen molar-refractivity contribution in [2.45, 2.75) is 33.2 Å². The Bertz CT molecular complexity index is 632. The van der Waals surface area contributed by atoms with Crippen LogP contribution in [0, 0.1) is 18.3 Å². The molecule has 0 spiro atoms. The van der Waals surface area contributed by atoms with Gasteiger partial charge in [0, 0.05) is 30.1 Å². The van der Waals surface area contributed by atoms with Crippen LogP contribution in [0.5, 0.6) is 0 Å². The molecule has 0 radical (unpaired) electrons. The second kappa shape index (κ2) is 5.05. The van der Waals surface area contributed by atoms with Crippen molar-refractivity contribution in [3.63, 3.8) is 0 Å². The molecule has 0 saturated heterocycles. The Morgan fingerprint density at radius 1 is 1.44 bits per heavy atom. The number of rotatable bonds is 4. The van der Waals surface area contributed by atoms with E-state index in [1.165, 1.54) is 0 Å². The molecule has 0 amide bonds. The van der Waals surface area contributed by atoms with E-state index in [2.05, 4.69) is 10.6 Å². The third-order valence-electron chi connectivity index (χ3n) is 3.17. The summed E-state index contributed by atoms with van der Waals surface area (Å²) in [5.74, 6) is 0.0876. The van der Waals surface area contributed by atoms with E-state index in [4.69, 9.17) is 5.26 Å². The van der Waals surface area contributed by atoms with Gasteiger partial charge in [-0.1, -0.05) is 18.2 Å². The number of hydrogen-bond acceptors (Lipinski definition) is 2. The summed E-state index contributed by atoms with van der Waals surface area (Å²) in [6.45, 7) is 4.42. The molecule has 1 aromatic heterocycles. The zero-order valence-electron chi connectivity index (χ0n) is 10.7. The maximum atomic E-state index is 11.6. The fourth-order valence-electron chi connectivity index (χ4n) is 2.33. The number of benzene rings is 1. The van der Waals surface area contributed by atoms with Crippen LogP contribution < -0.4 is 0 Å². The molecule has 3 heteroatoms. The van der Waals surface area contributed by atoms with Gasteiger partial charge in [0.25, 0.3) is 0 Å². The molecule has 0 aliphatic carbocycles. The molecule has 0 fully saturated rings. The second-order valence-corrected chi connectivity index (χ2v) is 4.53. The van der Waals surface area contributed by atoms with Crippen LogP contribution in [0.1, 0.15) is 35.7 Å². The number of fused-ring (bicyclic) bond motifs is 1. The van der Waals surface area contributed by atoms with Crippen molar-refractivity contribution >= 4 is 16.7 Å². The maximum Gasteiger partial charge on any atom is 0.161 e. The van der Waals surface area contributed by atoms with E-state index in [0.717, 1.165) is 35.0 Å². The highest BCUT2D eigenvalue weighted by atomic mass is 16.1. The fraction of sp³-hybridized carbons (Fsp3) is 0.333. The normalized spacial score (nSPS) is 10.5. The zero-order valence-corrected chi connectivity index (χ0v) is 10.7. The van der Waals surface area contributed by atoms with E-state index in [1.54, 1.807) is 6.92 Å². The van der Waals surface area contributed by atoms with Gasteiger partial charge in [-0.15, -0.1) is 0 Å². The summed E-state index contributed by atoms with van der Waals surface area (Å²) in [6.07, 6.45) is 3.27. The molecule has 0 bridgehead atoms. The maximum absolute atomic E-state index is 11.6. The second-order valence-electron chi connectivity index (χ2n) is 4.53. The van der Waals surface area contributed by atoms with Crippen LogP contribution in [0.2, 0.25) is 0 Å². The van der Waals surface area contributed by atoms with Crippen molar-refractivity contribution in [2.24, 2.45) is 0 Å². The largest absolute Gasteiger partial charge is 0.346 e. The van der Waals surface area contributed by atoms with E-state index < -0.39 is 0 Å². The van der Waals surface area contributed by atoms with E-state index in [9.17, 15) is 4.79 Å². The molecule has 1 aromatic carbocycles. The van der Waals surface area contributed by atoms with Gasteiger partial charge in [0.15, 0.2) is 5.78 Å². The topological polar surface area (TPSA) is 45.8 Å². The molecule has 18 heavy (non-hydrogen) atoms. The highest BCUT2D eigenvalue weighted by Crippen LogP contribution is 2.25. The van der Waals surface area contributed by atoms with Gasteiger partial charge in [0.05, 0.1) is 11.6 Å². The van der Waals surface area contributed by atoms with Crippen molar-refractivity contribution in [1.82, 2.24) is 4.57 Å². The van der Waals surface area contributed by atoms with Gasteiger partial charge in [-0.3, -0.25) is 4.79 Å². The minimum Gasteiger partial charge on any atom is -0.346 e. The molecule has 0 saturated carbocycles. The smallest absolute Gasteiger partial charge is 0.161 e. The van der Waals surface area contributed by atoms with Crippen LogP contribution in [0.4, 0.5) is 0 Å². The average molecular weight is 240 g/mol. The summed E-state index contributed by atoms with van der Waals surface area (Å²) in [5, 5.41) is 9.61. The average Bonchev–Trinajstić information content (AvgIpc) is 2.70. The van der Waals surface area contributed by atoms with Crippen LogP contribution in [-0.4, -0.2) is 10.4 Å². The van der Waals surface area contributed by atoms with Gasteiger partial charge in [-0.05, 0) is 25.8 Å². The number of aryl methyl sites for hydroxylation is 2. The Hall–Kier alpha value is -2.08. The molecule has 0 aliphatic rings. The summed E-state index contributed by atoms with van der Waals surface area (Å²) in [4.78, 5) is 11.6. The standard InChI is InChI=1S/C15H16N2O/c1-11-6-5-7-13-14(12(2)18)10-17(15(11)13)9-4-3-8-16/h5-7,10H,3-4,9H2,1-2H3. The Morgan fingerprint density at radius 3 is 2.89 bits per heavy atom. The predicted octanol–water partition coefficient (Wildman–Crippen LogP) is 3.46. The Morgan fingerprint density at radius 2 is 2.22 bits per heavy atom. The molecule has 2 rings (SSSR count). The summed E-state index contributed by atoms with van der Waals surface area (Å²) < 4.78 is 2.10. The predicted molar refractivity (Wildman–Crippen MR) is 71.5 cm³/mol. The molecule has 0 aliphatic heterocycles. The van der Waals surface area contributed by atoms with Crippen LogP contribution >= 0.6 is 0 Å². The lowest BCUT2D eigenvalue weighted by Gasteiger charge is -2.05. The van der Waals surface area contributed by atoms with E-state index in [0.29, 0.717) is 6.42 Å². The highest BCUT2D eigenvalue weighted by Gasteiger charge is 2.12. The van der Waals surface area contributed by atoms with Crippen molar-refractivity contribution < 1.29 is 4.79 Å². The number of hydrogen-bond donors (Lipinski definition) is 0. The number of Topliss-reactive ketones (excluding diaryl/α,β-unsaturated/α-hetero) is 1. The molecule has 1 heterocycles. The third-order valence-corrected chi connectivity index (χ3v) is 3.17. The molecule has 0 N–H and O–H groups in total. The lowest BCUT2D eigenvalue weighted by atomic mass is 10.1. The van der Waals surface area contributed by atoms with E-state index in [-0.39, 0.29) is 5.78 Å². The lowest BCUT2D eigenvalue weighted by Crippen LogP contribution is -1.97. The Kier molecular flexibility index (Phi) is 3.47. The molecule has 2 aromatic rings. The van der Waals surface area contributed by atoms with Crippen LogP contribution in [0.15, 0.2) is 24.4 Å². The summed E-state index contributed by atoms with van der Waals surface area (Å²) >= 11 is 0. The van der Waals surface area contributed by atoms with Crippen molar-refractivity contribution in [2.75, 3.05) is 0 Å². The summed E-state index contributed by atoms with van der Waals surface area (Å²) in [5.41, 5.74) is 3.04. The van der Waals surface area contributed by atoms with Crippen molar-refractivity contribution in [3.8, 4) is 6.07 Å². The monoisotopic (exact) mass is 240 g/mol. The first-order valence-electron chi connectivity index (χ1n) is 6.11. The number of para-hydroxylation sites is 1. The molecular weight excluding hydrogens is 224 g/mol. The first kappa shape index (κ1) is 12.4. The number of carbonyl (C=O) groups excluding carboxylic acids is 1. The van der Waals surface area contributed by atoms with Gasteiger partial charge in [0.2, 0.25) is 0 Å². The minimum atomic E-state index is 0.0876. The zero-order chi connectivity index (χ0) is 13.1. The number of unbranched alkanes of at least 4 members (excludes halogenated alkanes) is 1. The van der Waals surface area contributed by atoms with Crippen molar-refractivity contribution in [3.05, 3.63) is 35.5 Å². The molecule has 92 valence electrons. The lowest BCUT2D eigenvalue weighted by molar-refractivity contribution is 0.101.